The number of nitrogens with one attached hydrogen (secondary N) is 1. The fraction of sp³-hybridized carbons (Fsp3) is 0.333. The molecule has 0 bridgehead atoms. The molecule has 1 saturated heterocycles. The summed E-state index contributed by atoms with van der Waals surface area (Å²) in [6.07, 6.45) is 5.29. The van der Waals surface area contributed by atoms with E-state index in [4.69, 9.17) is 0 Å². The highest BCUT2D eigenvalue weighted by Crippen LogP contribution is 2.29. The molecule has 0 spiro atoms. The van der Waals surface area contributed by atoms with Crippen LogP contribution in [0.3, 0.4) is 0 Å². The third-order valence-corrected chi connectivity index (χ3v) is 3.63. The van der Waals surface area contributed by atoms with E-state index < -0.39 is 0 Å². The Morgan fingerprint density at radius 1 is 1.35 bits per heavy atom. The Hall–Kier alpha value is -2.30. The van der Waals surface area contributed by atoms with Gasteiger partial charge in [-0.05, 0) is 18.6 Å². The number of carbonyl (C=O) groups excluding carboxylic acids is 1. The van der Waals surface area contributed by atoms with E-state index in [1.54, 1.807) is 6.20 Å². The minimum Gasteiger partial charge on any atom is -0.376 e. The van der Waals surface area contributed by atoms with Crippen molar-refractivity contribution in [3.8, 4) is 0 Å². The van der Waals surface area contributed by atoms with E-state index in [1.807, 2.05) is 47.0 Å². The number of hydrogen-bond acceptors (Lipinski definition) is 3. The van der Waals surface area contributed by atoms with Crippen molar-refractivity contribution in [3.05, 3.63) is 42.5 Å². The zero-order valence-electron chi connectivity index (χ0n) is 11.5. The molecule has 3 rings (SSSR count). The van der Waals surface area contributed by atoms with Gasteiger partial charge in [0.1, 0.15) is 5.82 Å². The highest BCUT2D eigenvalue weighted by molar-refractivity contribution is 5.98. The summed E-state index contributed by atoms with van der Waals surface area (Å²) in [5.74, 6) is 1.17. The fourth-order valence-corrected chi connectivity index (χ4v) is 2.50. The van der Waals surface area contributed by atoms with Crippen molar-refractivity contribution >= 4 is 17.3 Å². The highest BCUT2D eigenvalue weighted by Gasteiger charge is 2.23. The molecule has 1 fully saturated rings. The molecular formula is C15H18N4O. The van der Waals surface area contributed by atoms with E-state index in [-0.39, 0.29) is 5.91 Å². The van der Waals surface area contributed by atoms with Crippen LogP contribution in [0.15, 0.2) is 36.7 Å². The standard InChI is InChI=1S/C15H18N4O/c1-18-10-8-16-14(18)11-17-12-5-2-3-6-13(12)19-9-4-7-15(19)20/h2-3,5-6,8,10,17H,4,7,9,11H2,1H3. The van der Waals surface area contributed by atoms with Crippen LogP contribution < -0.4 is 10.2 Å². The lowest BCUT2D eigenvalue weighted by Crippen LogP contribution is -2.24. The van der Waals surface area contributed by atoms with Crippen LogP contribution in [0.5, 0.6) is 0 Å². The van der Waals surface area contributed by atoms with Gasteiger partial charge in [0, 0.05) is 32.4 Å². The summed E-state index contributed by atoms with van der Waals surface area (Å²) in [5.41, 5.74) is 1.94. The molecule has 2 aromatic rings. The SMILES string of the molecule is Cn1ccnc1CNc1ccccc1N1CCCC1=O. The van der Waals surface area contributed by atoms with E-state index in [0.717, 1.165) is 30.2 Å². The van der Waals surface area contributed by atoms with Gasteiger partial charge in [0.2, 0.25) is 5.91 Å². The smallest absolute Gasteiger partial charge is 0.227 e. The van der Waals surface area contributed by atoms with E-state index in [2.05, 4.69) is 10.3 Å². The number of hydrogen-bond donors (Lipinski definition) is 1. The molecule has 0 radical (unpaired) electrons. The molecule has 1 aromatic carbocycles. The molecule has 5 nitrogen and oxygen atoms in total. The molecule has 0 saturated carbocycles. The second kappa shape index (κ2) is 5.36. The van der Waals surface area contributed by atoms with Crippen LogP contribution in [0.4, 0.5) is 11.4 Å². The number of rotatable bonds is 4. The summed E-state index contributed by atoms with van der Waals surface area (Å²) in [7, 11) is 1.97. The average molecular weight is 270 g/mol. The average Bonchev–Trinajstić information content (AvgIpc) is 3.06. The van der Waals surface area contributed by atoms with Crippen LogP contribution in [0, 0.1) is 0 Å². The summed E-state index contributed by atoms with van der Waals surface area (Å²) in [4.78, 5) is 18.1. The molecule has 0 unspecified atom stereocenters. The Bertz CT molecular complexity index is 620. The number of anilines is 2. The molecule has 104 valence electrons. The maximum Gasteiger partial charge on any atom is 0.227 e. The van der Waals surface area contributed by atoms with Crippen molar-refractivity contribution in [1.29, 1.82) is 0 Å². The van der Waals surface area contributed by atoms with Crippen LogP contribution >= 0.6 is 0 Å². The van der Waals surface area contributed by atoms with Gasteiger partial charge in [0.05, 0.1) is 17.9 Å². The number of aromatic nitrogens is 2. The Balaban J connectivity index is 1.79. The van der Waals surface area contributed by atoms with Crippen LogP contribution in [0.1, 0.15) is 18.7 Å². The van der Waals surface area contributed by atoms with Gasteiger partial charge < -0.3 is 14.8 Å². The lowest BCUT2D eigenvalue weighted by molar-refractivity contribution is -0.117. The predicted molar refractivity (Wildman–Crippen MR) is 78.6 cm³/mol. The van der Waals surface area contributed by atoms with Gasteiger partial charge in [-0.25, -0.2) is 4.98 Å². The van der Waals surface area contributed by atoms with Gasteiger partial charge >= 0.3 is 0 Å². The highest BCUT2D eigenvalue weighted by atomic mass is 16.2. The van der Waals surface area contributed by atoms with Gasteiger partial charge in [-0.3, -0.25) is 4.79 Å². The Kier molecular flexibility index (Phi) is 3.41. The minimum absolute atomic E-state index is 0.205. The fourth-order valence-electron chi connectivity index (χ4n) is 2.50. The maximum absolute atomic E-state index is 11.9. The molecule has 1 aromatic heterocycles. The van der Waals surface area contributed by atoms with Crippen molar-refractivity contribution in [2.24, 2.45) is 7.05 Å². The number of aryl methyl sites for hydroxylation is 1. The predicted octanol–water partition coefficient (Wildman–Crippen LogP) is 2.16. The van der Waals surface area contributed by atoms with E-state index in [0.29, 0.717) is 13.0 Å². The first-order valence-corrected chi connectivity index (χ1v) is 6.85. The van der Waals surface area contributed by atoms with Crippen molar-refractivity contribution < 1.29 is 4.79 Å². The van der Waals surface area contributed by atoms with Gasteiger partial charge in [-0.1, -0.05) is 12.1 Å². The first kappa shape index (κ1) is 12.7. The summed E-state index contributed by atoms with van der Waals surface area (Å²) in [6, 6.07) is 7.94. The molecule has 5 heteroatoms. The Morgan fingerprint density at radius 3 is 2.90 bits per heavy atom. The number of carbonyl (C=O) groups is 1. The summed E-state index contributed by atoms with van der Waals surface area (Å²) < 4.78 is 1.98. The molecule has 1 N–H and O–H groups in total. The van der Waals surface area contributed by atoms with Gasteiger partial charge in [-0.2, -0.15) is 0 Å². The number of imidazole rings is 1. The van der Waals surface area contributed by atoms with Crippen LogP contribution in [-0.2, 0) is 18.4 Å². The van der Waals surface area contributed by atoms with E-state index in [9.17, 15) is 4.79 Å². The number of nitrogens with zero attached hydrogens (tertiary/aromatic N) is 3. The van der Waals surface area contributed by atoms with Gasteiger partial charge in [0.25, 0.3) is 0 Å². The van der Waals surface area contributed by atoms with E-state index in [1.165, 1.54) is 0 Å². The van der Waals surface area contributed by atoms with Crippen LogP contribution in [0.2, 0.25) is 0 Å². The third-order valence-electron chi connectivity index (χ3n) is 3.63. The Morgan fingerprint density at radius 2 is 2.20 bits per heavy atom. The topological polar surface area (TPSA) is 50.2 Å². The molecule has 2 heterocycles. The minimum atomic E-state index is 0.205. The molecule has 0 aliphatic carbocycles. The molecule has 0 atom stereocenters. The monoisotopic (exact) mass is 270 g/mol. The third kappa shape index (κ3) is 2.39. The largest absolute Gasteiger partial charge is 0.376 e. The van der Waals surface area contributed by atoms with Crippen LogP contribution in [0.25, 0.3) is 0 Å². The Labute approximate surface area is 118 Å². The van der Waals surface area contributed by atoms with Crippen molar-refractivity contribution in [3.63, 3.8) is 0 Å². The van der Waals surface area contributed by atoms with Crippen molar-refractivity contribution in [2.45, 2.75) is 19.4 Å². The van der Waals surface area contributed by atoms with E-state index >= 15 is 0 Å². The zero-order chi connectivity index (χ0) is 13.9. The van der Waals surface area contributed by atoms with Crippen LogP contribution in [-0.4, -0.2) is 22.0 Å². The van der Waals surface area contributed by atoms with Crippen molar-refractivity contribution in [1.82, 2.24) is 9.55 Å². The number of para-hydroxylation sites is 2. The zero-order valence-corrected chi connectivity index (χ0v) is 11.5. The molecule has 1 amide bonds. The quantitative estimate of drug-likeness (QED) is 0.926. The second-order valence-electron chi connectivity index (χ2n) is 4.97. The molecule has 1 aliphatic rings. The first-order chi connectivity index (χ1) is 9.75. The number of amides is 1. The summed E-state index contributed by atoms with van der Waals surface area (Å²) in [6.45, 7) is 1.45. The van der Waals surface area contributed by atoms with Crippen molar-refractivity contribution in [2.75, 3.05) is 16.8 Å². The molecular weight excluding hydrogens is 252 g/mol. The number of benzene rings is 1. The lowest BCUT2D eigenvalue weighted by atomic mass is 10.2. The molecule has 1 aliphatic heterocycles. The summed E-state index contributed by atoms with van der Waals surface area (Å²) in [5, 5.41) is 3.38. The van der Waals surface area contributed by atoms with Gasteiger partial charge in [-0.15, -0.1) is 0 Å². The second-order valence-corrected chi connectivity index (χ2v) is 4.97. The lowest BCUT2D eigenvalue weighted by Gasteiger charge is -2.20. The normalized spacial score (nSPS) is 14.8. The maximum atomic E-state index is 11.9. The first-order valence-electron chi connectivity index (χ1n) is 6.85. The van der Waals surface area contributed by atoms with Gasteiger partial charge in [0.15, 0.2) is 0 Å². The summed E-state index contributed by atoms with van der Waals surface area (Å²) >= 11 is 0. The molecule has 20 heavy (non-hydrogen) atoms.